The second-order valence-corrected chi connectivity index (χ2v) is 9.37. The average molecular weight is 455 g/mol. The van der Waals surface area contributed by atoms with E-state index in [4.69, 9.17) is 0 Å². The number of rotatable bonds is 9. The maximum atomic E-state index is 13.6. The van der Waals surface area contributed by atoms with Crippen molar-refractivity contribution in [3.05, 3.63) is 72.3 Å². The van der Waals surface area contributed by atoms with E-state index in [-0.39, 0.29) is 11.7 Å². The molecule has 0 saturated heterocycles. The maximum Gasteiger partial charge on any atom is 0.228 e. The highest BCUT2D eigenvalue weighted by atomic mass is 32.2. The van der Waals surface area contributed by atoms with Crippen LogP contribution >= 0.6 is 23.1 Å². The number of thioether (sulfide) groups is 1. The predicted molar refractivity (Wildman–Crippen MR) is 125 cm³/mol. The number of hydrogen-bond donors (Lipinski definition) is 0. The molecule has 0 atom stereocenters. The van der Waals surface area contributed by atoms with Crippen LogP contribution in [0.5, 0.6) is 0 Å². The molecule has 0 N–H and O–H groups in total. The molecule has 4 aromatic rings. The Morgan fingerprint density at radius 2 is 2.06 bits per heavy atom. The lowest BCUT2D eigenvalue weighted by molar-refractivity contribution is -0.118. The molecule has 0 fully saturated rings. The number of fused-ring (bicyclic) bond motifs is 1. The van der Waals surface area contributed by atoms with Gasteiger partial charge in [-0.15, -0.1) is 11.8 Å². The first-order chi connectivity index (χ1) is 15.1. The molecule has 0 aliphatic heterocycles. The number of thiazole rings is 1. The molecule has 1 amide bonds. The second-order valence-electron chi connectivity index (χ2n) is 7.19. The Bertz CT molecular complexity index is 1140. The zero-order valence-corrected chi connectivity index (χ0v) is 18.8. The number of nitrogens with zero attached hydrogens (tertiary/aromatic N) is 4. The molecule has 4 rings (SSSR count). The summed E-state index contributed by atoms with van der Waals surface area (Å²) in [5.41, 5.74) is 1.94. The Balaban J connectivity index is 1.42. The Morgan fingerprint density at radius 1 is 1.23 bits per heavy atom. The fourth-order valence-electron chi connectivity index (χ4n) is 3.15. The topological polar surface area (TPSA) is 51.0 Å². The standard InChI is InChI=1S/C23H23FN4OS2/c1-17-5-8-19(9-6-17)30-15-2-4-22(29)28(14-13-27-12-3-11-25-27)23-26-20-10-7-18(24)16-21(20)31-23/h3,5-12,16H,2,4,13-15H2,1H3. The van der Waals surface area contributed by atoms with Crippen molar-refractivity contribution in [3.8, 4) is 0 Å². The number of amides is 1. The van der Waals surface area contributed by atoms with E-state index >= 15 is 0 Å². The molecule has 2 aromatic heterocycles. The van der Waals surface area contributed by atoms with E-state index in [1.807, 2.05) is 12.3 Å². The molecule has 0 unspecified atom stereocenters. The lowest BCUT2D eigenvalue weighted by Crippen LogP contribution is -2.34. The number of carbonyl (C=O) groups is 1. The highest BCUT2D eigenvalue weighted by molar-refractivity contribution is 7.99. The van der Waals surface area contributed by atoms with Crippen LogP contribution in [0.25, 0.3) is 10.2 Å². The van der Waals surface area contributed by atoms with Crippen molar-refractivity contribution in [1.29, 1.82) is 0 Å². The van der Waals surface area contributed by atoms with Crippen LogP contribution in [0.2, 0.25) is 0 Å². The van der Waals surface area contributed by atoms with Gasteiger partial charge in [0.05, 0.1) is 16.8 Å². The number of carbonyl (C=O) groups excluding carboxylic acids is 1. The van der Waals surface area contributed by atoms with Crippen LogP contribution in [0.1, 0.15) is 18.4 Å². The van der Waals surface area contributed by atoms with E-state index in [2.05, 4.69) is 41.3 Å². The van der Waals surface area contributed by atoms with Gasteiger partial charge in [-0.1, -0.05) is 29.0 Å². The largest absolute Gasteiger partial charge is 0.286 e. The third kappa shape index (κ3) is 5.71. The molecular weight excluding hydrogens is 431 g/mol. The maximum absolute atomic E-state index is 13.6. The number of aromatic nitrogens is 3. The van der Waals surface area contributed by atoms with Crippen molar-refractivity contribution < 1.29 is 9.18 Å². The molecule has 160 valence electrons. The number of anilines is 1. The van der Waals surface area contributed by atoms with Gasteiger partial charge in [-0.2, -0.15) is 5.10 Å². The van der Waals surface area contributed by atoms with Gasteiger partial charge in [0.2, 0.25) is 5.91 Å². The van der Waals surface area contributed by atoms with Gasteiger partial charge in [0, 0.05) is 30.3 Å². The summed E-state index contributed by atoms with van der Waals surface area (Å²) in [6.45, 7) is 3.11. The van der Waals surface area contributed by atoms with E-state index < -0.39 is 0 Å². The Morgan fingerprint density at radius 3 is 2.84 bits per heavy atom. The van der Waals surface area contributed by atoms with Crippen molar-refractivity contribution in [2.24, 2.45) is 0 Å². The van der Waals surface area contributed by atoms with Crippen LogP contribution in [0.4, 0.5) is 9.52 Å². The van der Waals surface area contributed by atoms with E-state index in [9.17, 15) is 9.18 Å². The number of aryl methyl sites for hydroxylation is 1. The summed E-state index contributed by atoms with van der Waals surface area (Å²) in [4.78, 5) is 20.6. The summed E-state index contributed by atoms with van der Waals surface area (Å²) in [6.07, 6.45) is 4.79. The van der Waals surface area contributed by atoms with Gasteiger partial charge in [-0.05, 0) is 55.5 Å². The van der Waals surface area contributed by atoms with Gasteiger partial charge < -0.3 is 0 Å². The molecule has 2 aromatic carbocycles. The van der Waals surface area contributed by atoms with Crippen molar-refractivity contribution in [3.63, 3.8) is 0 Å². The Hall–Kier alpha value is -2.71. The summed E-state index contributed by atoms with van der Waals surface area (Å²) >= 11 is 3.10. The van der Waals surface area contributed by atoms with Gasteiger partial charge in [0.1, 0.15) is 5.82 Å². The third-order valence-corrected chi connectivity index (χ3v) is 6.95. The minimum Gasteiger partial charge on any atom is -0.286 e. The molecule has 0 aliphatic carbocycles. The van der Waals surface area contributed by atoms with E-state index in [1.54, 1.807) is 33.6 Å². The van der Waals surface area contributed by atoms with Crippen molar-refractivity contribution in [1.82, 2.24) is 14.8 Å². The Labute approximate surface area is 188 Å². The van der Waals surface area contributed by atoms with Gasteiger partial charge in [-0.3, -0.25) is 14.4 Å². The summed E-state index contributed by atoms with van der Waals surface area (Å²) in [5, 5.41) is 4.82. The van der Waals surface area contributed by atoms with E-state index in [0.717, 1.165) is 16.9 Å². The third-order valence-electron chi connectivity index (χ3n) is 4.81. The molecule has 2 heterocycles. The lowest BCUT2D eigenvalue weighted by Gasteiger charge is -2.20. The fraction of sp³-hybridized carbons (Fsp3) is 0.261. The SMILES string of the molecule is Cc1ccc(SCCCC(=O)N(CCn2cccn2)c2nc3ccc(F)cc3s2)cc1. The zero-order valence-electron chi connectivity index (χ0n) is 17.2. The number of halogens is 1. The monoisotopic (exact) mass is 454 g/mol. The minimum atomic E-state index is -0.301. The van der Waals surface area contributed by atoms with Crippen molar-refractivity contribution in [2.75, 3.05) is 17.2 Å². The summed E-state index contributed by atoms with van der Waals surface area (Å²) in [6, 6.07) is 14.8. The fourth-order valence-corrected chi connectivity index (χ4v) is 5.03. The van der Waals surface area contributed by atoms with Crippen LogP contribution in [0, 0.1) is 12.7 Å². The zero-order chi connectivity index (χ0) is 21.6. The smallest absolute Gasteiger partial charge is 0.228 e. The quantitative estimate of drug-likeness (QED) is 0.246. The van der Waals surface area contributed by atoms with Gasteiger partial charge >= 0.3 is 0 Å². The highest BCUT2D eigenvalue weighted by Crippen LogP contribution is 2.30. The van der Waals surface area contributed by atoms with E-state index in [0.29, 0.717) is 30.2 Å². The van der Waals surface area contributed by atoms with Gasteiger partial charge in [0.15, 0.2) is 5.13 Å². The van der Waals surface area contributed by atoms with Gasteiger partial charge in [-0.25, -0.2) is 9.37 Å². The second kappa shape index (κ2) is 10.1. The molecule has 0 aliphatic rings. The van der Waals surface area contributed by atoms with Crippen LogP contribution in [-0.4, -0.2) is 33.0 Å². The highest BCUT2D eigenvalue weighted by Gasteiger charge is 2.20. The minimum absolute atomic E-state index is 0.0243. The predicted octanol–water partition coefficient (Wildman–Crippen LogP) is 5.55. The Kier molecular flexibility index (Phi) is 6.99. The van der Waals surface area contributed by atoms with Crippen molar-refractivity contribution in [2.45, 2.75) is 31.2 Å². The van der Waals surface area contributed by atoms with Crippen LogP contribution in [-0.2, 0) is 11.3 Å². The number of benzene rings is 2. The van der Waals surface area contributed by atoms with Crippen LogP contribution < -0.4 is 4.90 Å². The first-order valence-electron chi connectivity index (χ1n) is 10.1. The average Bonchev–Trinajstić information content (AvgIpc) is 3.42. The molecule has 0 spiro atoms. The lowest BCUT2D eigenvalue weighted by atomic mass is 10.2. The normalized spacial score (nSPS) is 11.2. The molecule has 0 radical (unpaired) electrons. The first kappa shape index (κ1) is 21.5. The molecule has 0 bridgehead atoms. The molecular formula is C23H23FN4OS2. The summed E-state index contributed by atoms with van der Waals surface area (Å²) < 4.78 is 16.1. The first-order valence-corrected chi connectivity index (χ1v) is 11.9. The van der Waals surface area contributed by atoms with Crippen LogP contribution in [0.3, 0.4) is 0 Å². The molecule has 8 heteroatoms. The molecule has 0 saturated carbocycles. The molecule has 5 nitrogen and oxygen atoms in total. The molecule has 31 heavy (non-hydrogen) atoms. The summed E-state index contributed by atoms with van der Waals surface area (Å²) in [7, 11) is 0. The van der Waals surface area contributed by atoms with Crippen LogP contribution in [0.15, 0.2) is 65.8 Å². The van der Waals surface area contributed by atoms with Crippen molar-refractivity contribution >= 4 is 44.4 Å². The van der Waals surface area contributed by atoms with Gasteiger partial charge in [0.25, 0.3) is 0 Å². The summed E-state index contributed by atoms with van der Waals surface area (Å²) in [5.74, 6) is 0.591. The number of hydrogen-bond acceptors (Lipinski definition) is 5. The van der Waals surface area contributed by atoms with E-state index in [1.165, 1.54) is 33.9 Å².